The Kier molecular flexibility index (Phi) is 9.39. The number of amides is 1. The number of nitrogens with one attached hydrogen (secondary N) is 1. The molecular weight excluding hydrogens is 511 g/mol. The van der Waals surface area contributed by atoms with Gasteiger partial charge in [-0.2, -0.15) is 13.2 Å². The molecule has 0 atom stereocenters. The third-order valence-electron chi connectivity index (χ3n) is 6.09. The van der Waals surface area contributed by atoms with Crippen LogP contribution >= 0.6 is 0 Å². The smallest absolute Gasteiger partial charge is 0.419 e. The molecular formula is C30H38F3NO5. The highest BCUT2D eigenvalue weighted by Gasteiger charge is 2.42. The molecule has 1 aliphatic heterocycles. The summed E-state index contributed by atoms with van der Waals surface area (Å²) in [6.07, 6.45) is -1.24. The molecule has 0 aromatic heterocycles. The SMILES string of the molecule is Cc1cccc(/C=C/COc2ccc(CCC3(NC(=O)OC(C)(C)C)COC(C)(C)OC3)cc2C(F)(F)F)c1. The van der Waals surface area contributed by atoms with E-state index in [2.05, 4.69) is 5.32 Å². The summed E-state index contributed by atoms with van der Waals surface area (Å²) in [5.41, 5.74) is -0.0562. The third-order valence-corrected chi connectivity index (χ3v) is 6.09. The molecule has 0 unspecified atom stereocenters. The standard InChI is InChI=1S/C30H38F3NO5/c1-21-9-7-10-22(17-21)11-8-16-36-25-13-12-23(18-24(25)30(31,32)33)14-15-29(19-37-28(5,6)38-20-29)34-26(35)39-27(2,3)4/h7-13,17-18H,14-16,19-20H2,1-6H3,(H,34,35)/b11-8+. The van der Waals surface area contributed by atoms with Crippen LogP contribution in [0.1, 0.15) is 63.3 Å². The van der Waals surface area contributed by atoms with Crippen molar-refractivity contribution in [2.24, 2.45) is 0 Å². The largest absolute Gasteiger partial charge is 0.489 e. The maximum atomic E-state index is 13.9. The fourth-order valence-electron chi connectivity index (χ4n) is 4.07. The number of benzene rings is 2. The topological polar surface area (TPSA) is 66.0 Å². The zero-order valence-corrected chi connectivity index (χ0v) is 23.4. The molecule has 2 aromatic carbocycles. The number of hydrogen-bond acceptors (Lipinski definition) is 5. The molecule has 214 valence electrons. The Hall–Kier alpha value is -3.04. The Morgan fingerprint density at radius 2 is 1.77 bits per heavy atom. The van der Waals surface area contributed by atoms with E-state index in [-0.39, 0.29) is 38.4 Å². The van der Waals surface area contributed by atoms with Crippen molar-refractivity contribution in [3.63, 3.8) is 0 Å². The molecule has 1 fully saturated rings. The van der Waals surface area contributed by atoms with E-state index < -0.39 is 34.8 Å². The molecule has 1 N–H and O–H groups in total. The average Bonchev–Trinajstić information content (AvgIpc) is 2.81. The van der Waals surface area contributed by atoms with Gasteiger partial charge in [0.1, 0.15) is 18.0 Å². The lowest BCUT2D eigenvalue weighted by Gasteiger charge is -2.44. The van der Waals surface area contributed by atoms with Gasteiger partial charge in [-0.25, -0.2) is 4.79 Å². The Bertz CT molecular complexity index is 1160. The van der Waals surface area contributed by atoms with Crippen molar-refractivity contribution in [2.45, 2.75) is 77.5 Å². The first-order valence-electron chi connectivity index (χ1n) is 12.9. The van der Waals surface area contributed by atoms with Crippen molar-refractivity contribution in [3.05, 3.63) is 70.8 Å². The third kappa shape index (κ3) is 9.58. The molecule has 1 amide bonds. The van der Waals surface area contributed by atoms with Gasteiger partial charge >= 0.3 is 12.3 Å². The van der Waals surface area contributed by atoms with Gasteiger partial charge in [0.2, 0.25) is 0 Å². The number of alkyl halides is 3. The van der Waals surface area contributed by atoms with Gasteiger partial charge in [0.05, 0.1) is 24.3 Å². The number of carbonyl (C=O) groups is 1. The number of ether oxygens (including phenoxy) is 4. The highest BCUT2D eigenvalue weighted by atomic mass is 19.4. The number of hydrogen-bond donors (Lipinski definition) is 1. The minimum absolute atomic E-state index is 0.0102. The lowest BCUT2D eigenvalue weighted by atomic mass is 9.91. The zero-order chi connectivity index (χ0) is 28.9. The lowest BCUT2D eigenvalue weighted by molar-refractivity contribution is -0.271. The van der Waals surface area contributed by atoms with E-state index in [4.69, 9.17) is 18.9 Å². The summed E-state index contributed by atoms with van der Waals surface area (Å²) in [7, 11) is 0. The first-order valence-corrected chi connectivity index (χ1v) is 12.9. The second kappa shape index (κ2) is 12.0. The fourth-order valence-corrected chi connectivity index (χ4v) is 4.07. The van der Waals surface area contributed by atoms with Crippen LogP contribution in [0.5, 0.6) is 5.75 Å². The van der Waals surface area contributed by atoms with E-state index in [0.29, 0.717) is 5.56 Å². The second-order valence-electron chi connectivity index (χ2n) is 11.3. The van der Waals surface area contributed by atoms with Gasteiger partial charge in [-0.1, -0.05) is 42.0 Å². The lowest BCUT2D eigenvalue weighted by Crippen LogP contribution is -2.61. The molecule has 6 nitrogen and oxygen atoms in total. The van der Waals surface area contributed by atoms with Crippen molar-refractivity contribution < 1.29 is 36.9 Å². The van der Waals surface area contributed by atoms with Crippen LogP contribution in [0.4, 0.5) is 18.0 Å². The van der Waals surface area contributed by atoms with E-state index in [1.54, 1.807) is 52.8 Å². The van der Waals surface area contributed by atoms with Crippen LogP contribution in [0.3, 0.4) is 0 Å². The molecule has 0 bridgehead atoms. The Labute approximate surface area is 228 Å². The molecule has 1 heterocycles. The average molecular weight is 550 g/mol. The summed E-state index contributed by atoms with van der Waals surface area (Å²) in [6, 6.07) is 11.8. The maximum absolute atomic E-state index is 13.9. The molecule has 0 spiro atoms. The molecule has 1 saturated heterocycles. The molecule has 3 rings (SSSR count). The monoisotopic (exact) mass is 549 g/mol. The second-order valence-corrected chi connectivity index (χ2v) is 11.3. The van der Waals surface area contributed by atoms with Crippen LogP contribution in [0.15, 0.2) is 48.5 Å². The first-order chi connectivity index (χ1) is 18.1. The van der Waals surface area contributed by atoms with E-state index in [1.165, 1.54) is 6.07 Å². The first kappa shape index (κ1) is 30.5. The Morgan fingerprint density at radius 3 is 2.38 bits per heavy atom. The van der Waals surface area contributed by atoms with Crippen LogP contribution in [-0.4, -0.2) is 42.8 Å². The van der Waals surface area contributed by atoms with Crippen LogP contribution in [0, 0.1) is 6.92 Å². The van der Waals surface area contributed by atoms with Gasteiger partial charge in [-0.15, -0.1) is 0 Å². The number of rotatable bonds is 8. The summed E-state index contributed by atoms with van der Waals surface area (Å²) in [5.74, 6) is -1.08. The van der Waals surface area contributed by atoms with Crippen molar-refractivity contribution in [1.82, 2.24) is 5.32 Å². The van der Waals surface area contributed by atoms with E-state index in [0.717, 1.165) is 17.2 Å². The molecule has 39 heavy (non-hydrogen) atoms. The molecule has 0 saturated carbocycles. The zero-order valence-electron chi connectivity index (χ0n) is 23.4. The molecule has 1 aliphatic rings. The molecule has 2 aromatic rings. The molecule has 9 heteroatoms. The van der Waals surface area contributed by atoms with Gasteiger partial charge in [-0.05, 0) is 83.7 Å². The van der Waals surface area contributed by atoms with Crippen molar-refractivity contribution in [2.75, 3.05) is 19.8 Å². The highest BCUT2D eigenvalue weighted by molar-refractivity contribution is 5.69. The van der Waals surface area contributed by atoms with Crippen LogP contribution < -0.4 is 10.1 Å². The van der Waals surface area contributed by atoms with E-state index in [1.807, 2.05) is 31.2 Å². The maximum Gasteiger partial charge on any atom is 0.419 e. The van der Waals surface area contributed by atoms with Gasteiger partial charge in [0.15, 0.2) is 5.79 Å². The summed E-state index contributed by atoms with van der Waals surface area (Å²) < 4.78 is 64.2. The minimum Gasteiger partial charge on any atom is -0.489 e. The summed E-state index contributed by atoms with van der Waals surface area (Å²) in [5, 5.41) is 2.84. The van der Waals surface area contributed by atoms with Gasteiger partial charge < -0.3 is 24.3 Å². The summed E-state index contributed by atoms with van der Waals surface area (Å²) in [4.78, 5) is 12.6. The number of halogens is 3. The quantitative estimate of drug-likeness (QED) is 0.381. The van der Waals surface area contributed by atoms with Crippen molar-refractivity contribution in [1.29, 1.82) is 0 Å². The Balaban J connectivity index is 1.72. The van der Waals surface area contributed by atoms with Crippen molar-refractivity contribution in [3.8, 4) is 5.75 Å². The minimum atomic E-state index is -4.60. The highest BCUT2D eigenvalue weighted by Crippen LogP contribution is 2.37. The number of carbonyl (C=O) groups excluding carboxylic acids is 1. The number of alkyl carbamates (subject to hydrolysis) is 1. The van der Waals surface area contributed by atoms with Crippen LogP contribution in [0.25, 0.3) is 6.08 Å². The number of aryl methyl sites for hydroxylation is 2. The fraction of sp³-hybridized carbons (Fsp3) is 0.500. The predicted molar refractivity (Wildman–Crippen MR) is 144 cm³/mol. The van der Waals surface area contributed by atoms with Crippen molar-refractivity contribution >= 4 is 12.2 Å². The van der Waals surface area contributed by atoms with Crippen LogP contribution in [-0.2, 0) is 26.8 Å². The van der Waals surface area contributed by atoms with Gasteiger partial charge in [0, 0.05) is 0 Å². The van der Waals surface area contributed by atoms with Crippen LogP contribution in [0.2, 0.25) is 0 Å². The summed E-state index contributed by atoms with van der Waals surface area (Å²) >= 11 is 0. The van der Waals surface area contributed by atoms with E-state index in [9.17, 15) is 18.0 Å². The van der Waals surface area contributed by atoms with E-state index >= 15 is 0 Å². The van der Waals surface area contributed by atoms with Gasteiger partial charge in [-0.3, -0.25) is 0 Å². The Morgan fingerprint density at radius 1 is 1.08 bits per heavy atom. The molecule has 0 radical (unpaired) electrons. The van der Waals surface area contributed by atoms with Gasteiger partial charge in [0.25, 0.3) is 0 Å². The molecule has 0 aliphatic carbocycles. The summed E-state index contributed by atoms with van der Waals surface area (Å²) in [6.45, 7) is 11.0. The normalized spacial score (nSPS) is 17.2. The predicted octanol–water partition coefficient (Wildman–Crippen LogP) is 7.09.